The molecule has 17 nitrogen and oxygen atoms in total. The number of aromatic nitrogens is 4. The van der Waals surface area contributed by atoms with Gasteiger partial charge in [0, 0.05) is 12.5 Å². The molecular weight excluding hydrogens is 589 g/mol. The number of fused-ring (bicyclic) bond motifs is 3. The molecule has 2 aromatic rings. The second kappa shape index (κ2) is 13.2. The first-order valence-electron chi connectivity index (χ1n) is 14.0. The number of amides is 1. The molecule has 8 N–H and O–H groups in total. The number of nitrogens with two attached hydrogens (primary N) is 2. The van der Waals surface area contributed by atoms with E-state index >= 15 is 0 Å². The highest BCUT2D eigenvalue weighted by atomic mass is 31.2. The number of nitrogen functional groups attached to an aromatic ring is 1. The van der Waals surface area contributed by atoms with Gasteiger partial charge in [-0.15, -0.1) is 0 Å². The van der Waals surface area contributed by atoms with Crippen molar-refractivity contribution in [2.24, 2.45) is 23.5 Å². The summed E-state index contributed by atoms with van der Waals surface area (Å²) >= 11 is 0. The molecule has 0 spiro atoms. The van der Waals surface area contributed by atoms with E-state index in [1.54, 1.807) is 0 Å². The number of unbranched alkanes of at least 4 members (excludes halogenated alkanes) is 1. The van der Waals surface area contributed by atoms with Crippen LogP contribution in [0.1, 0.15) is 38.3 Å². The number of phosphoric ester groups is 1. The number of aliphatic hydroxyl groups is 2. The Morgan fingerprint density at radius 3 is 2.72 bits per heavy atom. The molecule has 0 radical (unpaired) electrons. The van der Waals surface area contributed by atoms with Gasteiger partial charge in [-0.3, -0.25) is 14.0 Å². The first-order chi connectivity index (χ1) is 20.5. The highest BCUT2D eigenvalue weighted by Crippen LogP contribution is 2.45. The largest absolute Gasteiger partial charge is 0.529 e. The van der Waals surface area contributed by atoms with Crippen LogP contribution >= 0.6 is 7.82 Å². The number of imidazole rings is 1. The summed E-state index contributed by atoms with van der Waals surface area (Å²) < 4.78 is 34.1. The van der Waals surface area contributed by atoms with Crippen LogP contribution in [0.3, 0.4) is 0 Å². The quantitative estimate of drug-likeness (QED) is 0.0982. The number of nitrogens with zero attached hydrogens (tertiary/aromatic N) is 4. The van der Waals surface area contributed by atoms with E-state index in [9.17, 15) is 29.3 Å². The highest BCUT2D eigenvalue weighted by Gasteiger charge is 2.46. The first-order valence-corrected chi connectivity index (χ1v) is 15.5. The predicted molar refractivity (Wildman–Crippen MR) is 148 cm³/mol. The average Bonchev–Trinajstić information content (AvgIpc) is 3.76. The Labute approximate surface area is 246 Å². The van der Waals surface area contributed by atoms with Crippen LogP contribution in [0.4, 0.5) is 10.6 Å². The van der Waals surface area contributed by atoms with Crippen LogP contribution in [0.2, 0.25) is 0 Å². The number of alkyl carbamates (subject to hydrolysis) is 1. The van der Waals surface area contributed by atoms with E-state index in [0.29, 0.717) is 43.7 Å². The predicted octanol–water partition coefficient (Wildman–Crippen LogP) is 0.124. The van der Waals surface area contributed by atoms with Crippen molar-refractivity contribution in [1.82, 2.24) is 24.8 Å². The van der Waals surface area contributed by atoms with E-state index in [2.05, 4.69) is 36.9 Å². The number of anilines is 1. The minimum absolute atomic E-state index is 0.105. The molecule has 1 unspecified atom stereocenters. The van der Waals surface area contributed by atoms with E-state index in [4.69, 9.17) is 25.5 Å². The molecule has 2 aliphatic carbocycles. The maximum absolute atomic E-state index is 12.4. The standard InChI is InChI=1S/C25H36N7O10P/c26-16(3-1-2-6-28-25(36)39-9-15-8-13-4-5-14(15)7-13)24(35)42-43(37,38)40-10-17-19(33)20(34)23(41-17)32-12-31-18-21(27)29-11-30-22(18)32/h4-5,11-17,19-20,23,33-34H,1-3,6-10,26H2,(H,28,36)(H,37,38)(H2,27,29,30)/t13-,14+,15+,16+,17-,19-,20+,23+/m0/s1. The molecule has 1 saturated carbocycles. The van der Waals surface area contributed by atoms with Gasteiger partial charge in [-0.2, -0.15) is 0 Å². The Morgan fingerprint density at radius 2 is 1.98 bits per heavy atom. The number of phosphoric acid groups is 1. The van der Waals surface area contributed by atoms with Gasteiger partial charge in [-0.25, -0.2) is 29.1 Å². The Morgan fingerprint density at radius 1 is 1.16 bits per heavy atom. The lowest BCUT2D eigenvalue weighted by Gasteiger charge is -2.19. The van der Waals surface area contributed by atoms with Gasteiger partial charge < -0.3 is 41.0 Å². The van der Waals surface area contributed by atoms with E-state index in [-0.39, 0.29) is 23.4 Å². The molecule has 3 aliphatic rings. The number of ether oxygens (including phenoxy) is 2. The van der Waals surface area contributed by atoms with Gasteiger partial charge in [0.2, 0.25) is 0 Å². The lowest BCUT2D eigenvalue weighted by molar-refractivity contribution is -0.138. The summed E-state index contributed by atoms with van der Waals surface area (Å²) in [5.74, 6) is 0.410. The molecule has 5 rings (SSSR count). The van der Waals surface area contributed by atoms with Crippen LogP contribution in [-0.2, 0) is 27.9 Å². The fraction of sp³-hybridized carbons (Fsp3) is 0.640. The molecule has 2 aromatic heterocycles. The van der Waals surface area contributed by atoms with Gasteiger partial charge in [-0.1, -0.05) is 12.2 Å². The van der Waals surface area contributed by atoms with Gasteiger partial charge in [0.05, 0.1) is 19.5 Å². The van der Waals surface area contributed by atoms with Crippen LogP contribution in [0.25, 0.3) is 11.2 Å². The zero-order valence-electron chi connectivity index (χ0n) is 23.2. The molecule has 9 atom stereocenters. The Bertz CT molecular complexity index is 1390. The number of aliphatic hydroxyl groups excluding tert-OH is 2. The Balaban J connectivity index is 0.988. The van der Waals surface area contributed by atoms with E-state index in [0.717, 1.165) is 12.8 Å². The second-order valence-electron chi connectivity index (χ2n) is 11.0. The third kappa shape index (κ3) is 7.32. The molecule has 18 heteroatoms. The van der Waals surface area contributed by atoms with Gasteiger partial charge in [0.25, 0.3) is 0 Å². The molecule has 1 amide bonds. The van der Waals surface area contributed by atoms with Crippen LogP contribution in [0.5, 0.6) is 0 Å². The normalized spacial score (nSPS) is 29.9. The lowest BCUT2D eigenvalue weighted by atomic mass is 9.95. The zero-order valence-corrected chi connectivity index (χ0v) is 24.1. The van der Waals surface area contributed by atoms with Crippen molar-refractivity contribution in [3.63, 3.8) is 0 Å². The summed E-state index contributed by atoms with van der Waals surface area (Å²) in [4.78, 5) is 46.2. The summed E-state index contributed by atoms with van der Waals surface area (Å²) in [6.45, 7) is -0.00307. The zero-order chi connectivity index (χ0) is 30.7. The summed E-state index contributed by atoms with van der Waals surface area (Å²) in [6.07, 6.45) is 4.18. The summed E-state index contributed by atoms with van der Waals surface area (Å²) in [6, 6.07) is -1.22. The van der Waals surface area contributed by atoms with Crippen molar-refractivity contribution in [3.05, 3.63) is 24.8 Å². The maximum atomic E-state index is 12.4. The summed E-state index contributed by atoms with van der Waals surface area (Å²) in [5, 5.41) is 23.6. The third-order valence-electron chi connectivity index (χ3n) is 7.96. The molecule has 3 heterocycles. The van der Waals surface area contributed by atoms with Crippen LogP contribution in [0, 0.1) is 17.8 Å². The summed E-state index contributed by atoms with van der Waals surface area (Å²) in [7, 11) is -4.94. The van der Waals surface area contributed by atoms with Gasteiger partial charge in [0.1, 0.15) is 36.2 Å². The highest BCUT2D eigenvalue weighted by molar-refractivity contribution is 7.48. The minimum atomic E-state index is -4.94. The fourth-order valence-electron chi connectivity index (χ4n) is 5.65. The van der Waals surface area contributed by atoms with Crippen LogP contribution < -0.4 is 16.8 Å². The van der Waals surface area contributed by atoms with Gasteiger partial charge in [0.15, 0.2) is 17.7 Å². The molecule has 1 saturated heterocycles. The van der Waals surface area contributed by atoms with Gasteiger partial charge >= 0.3 is 19.9 Å². The van der Waals surface area contributed by atoms with Crippen molar-refractivity contribution in [2.45, 2.75) is 62.7 Å². The maximum Gasteiger partial charge on any atom is 0.529 e. The fourth-order valence-corrected chi connectivity index (χ4v) is 6.40. The van der Waals surface area contributed by atoms with Crippen molar-refractivity contribution < 1.29 is 47.8 Å². The monoisotopic (exact) mass is 625 g/mol. The smallest absolute Gasteiger partial charge is 0.449 e. The van der Waals surface area contributed by atoms with Gasteiger partial charge in [-0.05, 0) is 43.9 Å². The molecule has 236 valence electrons. The van der Waals surface area contributed by atoms with E-state index < -0.39 is 57.1 Å². The summed E-state index contributed by atoms with van der Waals surface area (Å²) in [5.41, 5.74) is 12.1. The van der Waals surface area contributed by atoms with E-state index in [1.165, 1.54) is 17.2 Å². The molecular formula is C25H36N7O10P. The number of carbonyl (C=O) groups is 2. The van der Waals surface area contributed by atoms with Crippen molar-refractivity contribution >= 4 is 36.9 Å². The average molecular weight is 626 g/mol. The first kappa shape index (κ1) is 31.3. The molecule has 43 heavy (non-hydrogen) atoms. The van der Waals surface area contributed by atoms with Crippen molar-refractivity contribution in [3.8, 4) is 0 Å². The van der Waals surface area contributed by atoms with Crippen molar-refractivity contribution in [2.75, 3.05) is 25.5 Å². The second-order valence-corrected chi connectivity index (χ2v) is 12.3. The Kier molecular flexibility index (Phi) is 9.60. The number of carbonyl (C=O) groups excluding carboxylic acids is 2. The minimum Gasteiger partial charge on any atom is -0.449 e. The van der Waals surface area contributed by atoms with E-state index in [1.807, 2.05) is 0 Å². The lowest BCUT2D eigenvalue weighted by Crippen LogP contribution is -2.34. The molecule has 2 fully saturated rings. The molecule has 0 aromatic carbocycles. The van der Waals surface area contributed by atoms with Crippen LogP contribution in [-0.4, -0.2) is 90.8 Å². The topological polar surface area (TPSA) is 256 Å². The molecule has 1 aliphatic heterocycles. The number of nitrogens with one attached hydrogen (secondary N) is 1. The Hall–Kier alpha value is -3.18. The molecule has 2 bridgehead atoms. The number of hydrogen-bond acceptors (Lipinski definition) is 14. The number of rotatable bonds is 13. The van der Waals surface area contributed by atoms with Crippen LogP contribution in [0.15, 0.2) is 24.8 Å². The SMILES string of the molecule is Nc1ncnc2c1ncn2[C@@H]1O[C@@H](COP(=O)(O)OC(=O)[C@H](N)CCCCNC(=O)OC[C@H]2C[C@H]3C=C[C@@H]2C3)[C@H](O)[C@H]1O. The number of hydrogen-bond donors (Lipinski definition) is 6. The number of allylic oxidation sites excluding steroid dienone is 2. The third-order valence-corrected chi connectivity index (χ3v) is 8.85. The van der Waals surface area contributed by atoms with Crippen molar-refractivity contribution in [1.29, 1.82) is 0 Å².